The van der Waals surface area contributed by atoms with Crippen molar-refractivity contribution in [2.24, 2.45) is 5.92 Å². The minimum Gasteiger partial charge on any atom is -0.368 e. The van der Waals surface area contributed by atoms with Crippen LogP contribution in [0.5, 0.6) is 0 Å². The third-order valence-electron chi connectivity index (χ3n) is 2.85. The lowest BCUT2D eigenvalue weighted by Gasteiger charge is -2.14. The van der Waals surface area contributed by atoms with Gasteiger partial charge in [0.15, 0.2) is 0 Å². The van der Waals surface area contributed by atoms with Gasteiger partial charge in [-0.15, -0.1) is 0 Å². The molecule has 1 unspecified atom stereocenters. The van der Waals surface area contributed by atoms with Crippen molar-refractivity contribution < 1.29 is 0 Å². The van der Waals surface area contributed by atoms with Crippen molar-refractivity contribution in [3.63, 3.8) is 0 Å². The van der Waals surface area contributed by atoms with Crippen LogP contribution in [0.3, 0.4) is 0 Å². The second-order valence-electron chi connectivity index (χ2n) is 4.30. The number of anilines is 1. The van der Waals surface area contributed by atoms with Crippen molar-refractivity contribution in [2.75, 3.05) is 5.32 Å². The summed E-state index contributed by atoms with van der Waals surface area (Å²) in [6.07, 6.45) is 5.78. The fourth-order valence-electron chi connectivity index (χ4n) is 1.50. The molecule has 1 fully saturated rings. The molecule has 1 saturated carbocycles. The zero-order chi connectivity index (χ0) is 9.97. The number of nitrogens with one attached hydrogen (secondary N) is 1. The Morgan fingerprint density at radius 3 is 3.07 bits per heavy atom. The number of hydrogen-bond acceptors (Lipinski definition) is 2. The maximum absolute atomic E-state index is 4.34. The molecule has 1 heterocycles. The molecule has 0 spiro atoms. The van der Waals surface area contributed by atoms with Gasteiger partial charge in [0.2, 0.25) is 0 Å². The molecule has 3 nitrogen and oxygen atoms in total. The maximum Gasteiger partial charge on any atom is 0.124 e. The predicted molar refractivity (Wildman–Crippen MR) is 58.3 cm³/mol. The van der Waals surface area contributed by atoms with Crippen molar-refractivity contribution in [3.05, 3.63) is 12.3 Å². The summed E-state index contributed by atoms with van der Waals surface area (Å²) >= 11 is 0. The van der Waals surface area contributed by atoms with E-state index < -0.39 is 0 Å². The monoisotopic (exact) mass is 193 g/mol. The summed E-state index contributed by atoms with van der Waals surface area (Å²) in [6, 6.07) is 2.60. The number of hydrogen-bond donors (Lipinski definition) is 1. The predicted octanol–water partition coefficient (Wildman–Crippen LogP) is 2.50. The van der Waals surface area contributed by atoms with Gasteiger partial charge in [0.25, 0.3) is 0 Å². The first-order chi connectivity index (χ1) is 6.79. The van der Waals surface area contributed by atoms with Gasteiger partial charge in [0.05, 0.1) is 6.20 Å². The van der Waals surface area contributed by atoms with Crippen molar-refractivity contribution in [1.29, 1.82) is 0 Å². The van der Waals surface area contributed by atoms with Crippen molar-refractivity contribution in [1.82, 2.24) is 9.78 Å². The Kier molecular flexibility index (Phi) is 2.75. The number of aromatic nitrogens is 2. The summed E-state index contributed by atoms with van der Waals surface area (Å²) in [5.41, 5.74) is 0. The van der Waals surface area contributed by atoms with E-state index in [1.54, 1.807) is 0 Å². The van der Waals surface area contributed by atoms with Crippen molar-refractivity contribution in [2.45, 2.75) is 45.7 Å². The molecule has 1 N–H and O–H groups in total. The van der Waals surface area contributed by atoms with E-state index in [2.05, 4.69) is 35.0 Å². The number of nitrogens with zero attached hydrogens (tertiary/aromatic N) is 2. The number of rotatable bonds is 5. The van der Waals surface area contributed by atoms with E-state index in [9.17, 15) is 0 Å². The van der Waals surface area contributed by atoms with Crippen LogP contribution in [0.15, 0.2) is 12.3 Å². The molecule has 2 rings (SSSR count). The first-order valence-corrected chi connectivity index (χ1v) is 5.58. The molecule has 78 valence electrons. The summed E-state index contributed by atoms with van der Waals surface area (Å²) in [5.74, 6) is 2.05. The zero-order valence-corrected chi connectivity index (χ0v) is 9.03. The van der Waals surface area contributed by atoms with E-state index in [-0.39, 0.29) is 0 Å². The van der Waals surface area contributed by atoms with Gasteiger partial charge in [-0.1, -0.05) is 6.92 Å². The standard InChI is InChI=1S/C11H19N3/c1-3-9(2)13-11-6-7-12-14(11)8-10-4-5-10/h6-7,9-10,13H,3-5,8H2,1-2H3. The Bertz CT molecular complexity index is 288. The second kappa shape index (κ2) is 4.03. The summed E-state index contributed by atoms with van der Waals surface area (Å²) in [7, 11) is 0. The van der Waals surface area contributed by atoms with Crippen molar-refractivity contribution >= 4 is 5.82 Å². The fraction of sp³-hybridized carbons (Fsp3) is 0.727. The van der Waals surface area contributed by atoms with Gasteiger partial charge in [-0.2, -0.15) is 5.10 Å². The second-order valence-corrected chi connectivity index (χ2v) is 4.30. The van der Waals surface area contributed by atoms with Gasteiger partial charge >= 0.3 is 0 Å². The highest BCUT2D eigenvalue weighted by molar-refractivity contribution is 5.34. The average Bonchev–Trinajstić information content (AvgIpc) is 2.89. The molecule has 0 amide bonds. The summed E-state index contributed by atoms with van der Waals surface area (Å²) in [6.45, 7) is 5.49. The van der Waals surface area contributed by atoms with Gasteiger partial charge in [-0.25, -0.2) is 4.68 Å². The normalized spacial score (nSPS) is 18.1. The first-order valence-electron chi connectivity index (χ1n) is 5.58. The molecule has 1 aliphatic rings. The largest absolute Gasteiger partial charge is 0.368 e. The van der Waals surface area contributed by atoms with Crippen LogP contribution in [0, 0.1) is 5.92 Å². The highest BCUT2D eigenvalue weighted by atomic mass is 15.3. The van der Waals surface area contributed by atoms with Crippen LogP contribution >= 0.6 is 0 Å². The van der Waals surface area contributed by atoms with E-state index in [4.69, 9.17) is 0 Å². The Morgan fingerprint density at radius 2 is 2.43 bits per heavy atom. The highest BCUT2D eigenvalue weighted by Crippen LogP contribution is 2.31. The minimum absolute atomic E-state index is 0.532. The highest BCUT2D eigenvalue weighted by Gasteiger charge is 2.22. The van der Waals surface area contributed by atoms with Gasteiger partial charge < -0.3 is 5.32 Å². The topological polar surface area (TPSA) is 29.9 Å². The van der Waals surface area contributed by atoms with Crippen LogP contribution in [0.1, 0.15) is 33.1 Å². The maximum atomic E-state index is 4.34. The lowest BCUT2D eigenvalue weighted by atomic mass is 10.2. The van der Waals surface area contributed by atoms with Crippen LogP contribution in [0.25, 0.3) is 0 Å². The molecule has 1 aliphatic carbocycles. The Morgan fingerprint density at radius 1 is 1.64 bits per heavy atom. The molecule has 0 aliphatic heterocycles. The van der Waals surface area contributed by atoms with Gasteiger partial charge in [0, 0.05) is 18.7 Å². The third-order valence-corrected chi connectivity index (χ3v) is 2.85. The minimum atomic E-state index is 0.532. The van der Waals surface area contributed by atoms with E-state index in [1.807, 2.05) is 6.20 Å². The zero-order valence-electron chi connectivity index (χ0n) is 9.03. The van der Waals surface area contributed by atoms with Gasteiger partial charge in [-0.3, -0.25) is 0 Å². The quantitative estimate of drug-likeness (QED) is 0.778. The fourth-order valence-corrected chi connectivity index (χ4v) is 1.50. The Labute approximate surface area is 85.5 Å². The molecule has 3 heteroatoms. The lowest BCUT2D eigenvalue weighted by Crippen LogP contribution is -2.17. The molecule has 1 atom stereocenters. The molecule has 0 radical (unpaired) electrons. The Hall–Kier alpha value is -0.990. The molecule has 0 saturated heterocycles. The molecule has 14 heavy (non-hydrogen) atoms. The Balaban J connectivity index is 1.97. The van der Waals surface area contributed by atoms with E-state index in [0.29, 0.717) is 6.04 Å². The molecule has 0 aromatic carbocycles. The average molecular weight is 193 g/mol. The van der Waals surface area contributed by atoms with Gasteiger partial charge in [-0.05, 0) is 32.1 Å². The molecular formula is C11H19N3. The van der Waals surface area contributed by atoms with Gasteiger partial charge in [0.1, 0.15) is 5.82 Å². The van der Waals surface area contributed by atoms with Crippen LogP contribution in [0.4, 0.5) is 5.82 Å². The third kappa shape index (κ3) is 2.28. The SMILES string of the molecule is CCC(C)Nc1ccnn1CC1CC1. The van der Waals surface area contributed by atoms with Crippen LogP contribution in [0.2, 0.25) is 0 Å². The van der Waals surface area contributed by atoms with Crippen molar-refractivity contribution in [3.8, 4) is 0 Å². The molecular weight excluding hydrogens is 174 g/mol. The van der Waals surface area contributed by atoms with Crippen LogP contribution in [-0.4, -0.2) is 15.8 Å². The first kappa shape index (κ1) is 9.56. The molecule has 1 aromatic heterocycles. The van der Waals surface area contributed by atoms with E-state index in [1.165, 1.54) is 18.7 Å². The lowest BCUT2D eigenvalue weighted by molar-refractivity contribution is 0.563. The summed E-state index contributed by atoms with van der Waals surface area (Å²) in [4.78, 5) is 0. The van der Waals surface area contributed by atoms with E-state index in [0.717, 1.165) is 18.9 Å². The summed E-state index contributed by atoms with van der Waals surface area (Å²) < 4.78 is 2.10. The smallest absolute Gasteiger partial charge is 0.124 e. The molecule has 1 aromatic rings. The summed E-state index contributed by atoms with van der Waals surface area (Å²) in [5, 5.41) is 7.81. The van der Waals surface area contributed by atoms with Crippen LogP contribution in [-0.2, 0) is 6.54 Å². The molecule has 0 bridgehead atoms. The van der Waals surface area contributed by atoms with Crippen LogP contribution < -0.4 is 5.32 Å². The van der Waals surface area contributed by atoms with E-state index >= 15 is 0 Å².